The number of rotatable bonds is 4. The summed E-state index contributed by atoms with van der Waals surface area (Å²) < 4.78 is 10.9. The zero-order chi connectivity index (χ0) is 14.7. The van der Waals surface area contributed by atoms with Crippen LogP contribution in [0.15, 0.2) is 24.3 Å². The standard InChI is InChI=1S/C16H25N3O2/c1-20-15-4-2-3-14(11-15)18-6-8-19(9-7-18)16(12-17)5-10-21-13-16/h2-4,11H,5-10,12-13,17H2,1H3. The molecule has 0 aromatic heterocycles. The van der Waals surface area contributed by atoms with E-state index in [0.29, 0.717) is 6.54 Å². The molecule has 1 unspecified atom stereocenters. The second-order valence-electron chi connectivity index (χ2n) is 5.91. The third-order valence-electron chi connectivity index (χ3n) is 4.83. The Bertz CT molecular complexity index is 466. The molecule has 21 heavy (non-hydrogen) atoms. The molecule has 0 aliphatic carbocycles. The first-order chi connectivity index (χ1) is 10.3. The van der Waals surface area contributed by atoms with Crippen LogP contribution in [0.1, 0.15) is 6.42 Å². The fourth-order valence-corrected chi connectivity index (χ4v) is 3.38. The average Bonchev–Trinajstić information content (AvgIpc) is 3.05. The molecule has 3 rings (SSSR count). The normalized spacial score (nSPS) is 27.0. The Kier molecular flexibility index (Phi) is 4.33. The summed E-state index contributed by atoms with van der Waals surface area (Å²) in [4.78, 5) is 4.94. The number of anilines is 1. The summed E-state index contributed by atoms with van der Waals surface area (Å²) in [6.45, 7) is 6.43. The van der Waals surface area contributed by atoms with Gasteiger partial charge in [-0.1, -0.05) is 6.07 Å². The third-order valence-corrected chi connectivity index (χ3v) is 4.83. The van der Waals surface area contributed by atoms with Crippen LogP contribution in [0.2, 0.25) is 0 Å². The van der Waals surface area contributed by atoms with Crippen molar-refractivity contribution in [3.8, 4) is 5.75 Å². The Labute approximate surface area is 126 Å². The Hall–Kier alpha value is -1.30. The van der Waals surface area contributed by atoms with E-state index in [-0.39, 0.29) is 5.54 Å². The van der Waals surface area contributed by atoms with Gasteiger partial charge in [0.2, 0.25) is 0 Å². The molecule has 0 spiro atoms. The molecule has 0 amide bonds. The molecule has 1 aromatic carbocycles. The molecule has 2 saturated heterocycles. The molecular formula is C16H25N3O2. The van der Waals surface area contributed by atoms with Gasteiger partial charge in [-0.05, 0) is 18.6 Å². The van der Waals surface area contributed by atoms with Crippen LogP contribution >= 0.6 is 0 Å². The van der Waals surface area contributed by atoms with Crippen molar-refractivity contribution in [2.24, 2.45) is 5.73 Å². The molecule has 0 saturated carbocycles. The first-order valence-corrected chi connectivity index (χ1v) is 7.69. The van der Waals surface area contributed by atoms with Gasteiger partial charge in [-0.15, -0.1) is 0 Å². The highest BCUT2D eigenvalue weighted by Gasteiger charge is 2.40. The van der Waals surface area contributed by atoms with E-state index in [9.17, 15) is 0 Å². The third kappa shape index (κ3) is 2.86. The molecule has 5 heteroatoms. The van der Waals surface area contributed by atoms with E-state index in [4.69, 9.17) is 15.2 Å². The lowest BCUT2D eigenvalue weighted by Gasteiger charge is -2.45. The highest BCUT2D eigenvalue weighted by atomic mass is 16.5. The smallest absolute Gasteiger partial charge is 0.120 e. The van der Waals surface area contributed by atoms with Crippen molar-refractivity contribution in [1.29, 1.82) is 0 Å². The van der Waals surface area contributed by atoms with Crippen LogP contribution in [0.25, 0.3) is 0 Å². The van der Waals surface area contributed by atoms with Gasteiger partial charge in [-0.3, -0.25) is 4.90 Å². The minimum Gasteiger partial charge on any atom is -0.497 e. The molecule has 2 heterocycles. The van der Waals surface area contributed by atoms with E-state index < -0.39 is 0 Å². The van der Waals surface area contributed by atoms with Gasteiger partial charge in [0.05, 0.1) is 19.3 Å². The summed E-state index contributed by atoms with van der Waals surface area (Å²) >= 11 is 0. The van der Waals surface area contributed by atoms with Gasteiger partial charge in [0.15, 0.2) is 0 Å². The van der Waals surface area contributed by atoms with Gasteiger partial charge in [-0.2, -0.15) is 0 Å². The highest BCUT2D eigenvalue weighted by Crippen LogP contribution is 2.28. The summed E-state index contributed by atoms with van der Waals surface area (Å²) in [5.74, 6) is 0.914. The van der Waals surface area contributed by atoms with Gasteiger partial charge in [0.25, 0.3) is 0 Å². The summed E-state index contributed by atoms with van der Waals surface area (Å²) in [7, 11) is 1.71. The predicted molar refractivity (Wildman–Crippen MR) is 84.0 cm³/mol. The molecule has 2 aliphatic rings. The first-order valence-electron chi connectivity index (χ1n) is 7.69. The minimum atomic E-state index is 0.0699. The Morgan fingerprint density at radius 1 is 1.29 bits per heavy atom. The van der Waals surface area contributed by atoms with E-state index in [2.05, 4.69) is 21.9 Å². The topological polar surface area (TPSA) is 51.0 Å². The molecule has 0 bridgehead atoms. The van der Waals surface area contributed by atoms with E-state index >= 15 is 0 Å². The maximum absolute atomic E-state index is 6.03. The molecular weight excluding hydrogens is 266 g/mol. The summed E-state index contributed by atoms with van der Waals surface area (Å²) in [6.07, 6.45) is 1.06. The van der Waals surface area contributed by atoms with Crippen molar-refractivity contribution in [3.63, 3.8) is 0 Å². The van der Waals surface area contributed by atoms with Crippen LogP contribution in [-0.2, 0) is 4.74 Å². The van der Waals surface area contributed by atoms with E-state index in [1.807, 2.05) is 12.1 Å². The molecule has 116 valence electrons. The van der Waals surface area contributed by atoms with Gasteiger partial charge < -0.3 is 20.1 Å². The number of nitrogens with two attached hydrogens (primary N) is 1. The number of nitrogens with zero attached hydrogens (tertiary/aromatic N) is 2. The SMILES string of the molecule is COc1cccc(N2CCN(C3(CN)CCOC3)CC2)c1. The quantitative estimate of drug-likeness (QED) is 0.894. The Morgan fingerprint density at radius 2 is 2.10 bits per heavy atom. The van der Waals surface area contributed by atoms with E-state index in [1.54, 1.807) is 7.11 Å². The van der Waals surface area contributed by atoms with Crippen LogP contribution < -0.4 is 15.4 Å². The molecule has 2 fully saturated rings. The van der Waals surface area contributed by atoms with E-state index in [0.717, 1.165) is 51.6 Å². The lowest BCUT2D eigenvalue weighted by Crippen LogP contribution is -2.60. The monoisotopic (exact) mass is 291 g/mol. The molecule has 1 atom stereocenters. The lowest BCUT2D eigenvalue weighted by molar-refractivity contribution is 0.0670. The van der Waals surface area contributed by atoms with Crippen molar-refractivity contribution >= 4 is 5.69 Å². The highest BCUT2D eigenvalue weighted by molar-refractivity contribution is 5.51. The number of methoxy groups -OCH3 is 1. The van der Waals surface area contributed by atoms with Crippen LogP contribution in [0.3, 0.4) is 0 Å². The van der Waals surface area contributed by atoms with Crippen LogP contribution in [-0.4, -0.2) is 63.5 Å². The number of piperazine rings is 1. The molecule has 1 aromatic rings. The fraction of sp³-hybridized carbons (Fsp3) is 0.625. The average molecular weight is 291 g/mol. The summed E-state index contributed by atoms with van der Waals surface area (Å²) in [5.41, 5.74) is 7.34. The summed E-state index contributed by atoms with van der Waals surface area (Å²) in [6, 6.07) is 8.29. The Balaban J connectivity index is 1.64. The second-order valence-corrected chi connectivity index (χ2v) is 5.91. The van der Waals surface area contributed by atoms with Crippen LogP contribution in [0, 0.1) is 0 Å². The van der Waals surface area contributed by atoms with Crippen molar-refractivity contribution < 1.29 is 9.47 Å². The minimum absolute atomic E-state index is 0.0699. The zero-order valence-corrected chi connectivity index (χ0v) is 12.8. The molecule has 2 N–H and O–H groups in total. The van der Waals surface area contributed by atoms with Gasteiger partial charge >= 0.3 is 0 Å². The molecule has 2 aliphatic heterocycles. The maximum atomic E-state index is 6.03. The maximum Gasteiger partial charge on any atom is 0.120 e. The number of benzene rings is 1. The van der Waals surface area contributed by atoms with Gasteiger partial charge in [0.1, 0.15) is 5.75 Å². The molecule has 0 radical (unpaired) electrons. The Morgan fingerprint density at radius 3 is 2.71 bits per heavy atom. The largest absolute Gasteiger partial charge is 0.497 e. The van der Waals surface area contributed by atoms with E-state index in [1.165, 1.54) is 5.69 Å². The predicted octanol–water partition coefficient (Wildman–Crippen LogP) is 0.935. The number of hydrogen-bond acceptors (Lipinski definition) is 5. The van der Waals surface area contributed by atoms with Crippen molar-refractivity contribution in [2.45, 2.75) is 12.0 Å². The fourth-order valence-electron chi connectivity index (χ4n) is 3.38. The molecule has 5 nitrogen and oxygen atoms in total. The number of hydrogen-bond donors (Lipinski definition) is 1. The van der Waals surface area contributed by atoms with Crippen LogP contribution in [0.5, 0.6) is 5.75 Å². The van der Waals surface area contributed by atoms with Crippen molar-refractivity contribution in [2.75, 3.05) is 57.9 Å². The second kappa shape index (κ2) is 6.22. The lowest BCUT2D eigenvalue weighted by atomic mass is 9.95. The van der Waals surface area contributed by atoms with Crippen molar-refractivity contribution in [3.05, 3.63) is 24.3 Å². The summed E-state index contributed by atoms with van der Waals surface area (Å²) in [5, 5.41) is 0. The van der Waals surface area contributed by atoms with Crippen LogP contribution in [0.4, 0.5) is 5.69 Å². The zero-order valence-electron chi connectivity index (χ0n) is 12.8. The van der Waals surface area contributed by atoms with Gasteiger partial charge in [0, 0.05) is 51.1 Å². The van der Waals surface area contributed by atoms with Gasteiger partial charge in [-0.25, -0.2) is 0 Å². The first kappa shape index (κ1) is 14.6. The van der Waals surface area contributed by atoms with Crippen molar-refractivity contribution in [1.82, 2.24) is 4.90 Å². The number of ether oxygens (including phenoxy) is 2.